The molecule has 1 amide bonds. The van der Waals surface area contributed by atoms with Crippen LogP contribution in [-0.4, -0.2) is 25.2 Å². The number of aromatic nitrogens is 4. The molecular weight excluding hydrogens is 326 g/mol. The van der Waals surface area contributed by atoms with Crippen LogP contribution in [0.3, 0.4) is 0 Å². The van der Waals surface area contributed by atoms with E-state index in [1.165, 1.54) is 11.1 Å². The highest BCUT2D eigenvalue weighted by Crippen LogP contribution is 2.22. The van der Waals surface area contributed by atoms with Crippen molar-refractivity contribution in [3.05, 3.63) is 46.0 Å². The van der Waals surface area contributed by atoms with Crippen molar-refractivity contribution in [2.24, 2.45) is 7.05 Å². The third-order valence-electron chi connectivity index (χ3n) is 5.23. The summed E-state index contributed by atoms with van der Waals surface area (Å²) in [5, 5.41) is 7.54. The Balaban J connectivity index is 1.83. The maximum absolute atomic E-state index is 12.7. The molecule has 0 fully saturated rings. The van der Waals surface area contributed by atoms with Crippen LogP contribution in [0.15, 0.2) is 12.1 Å². The smallest absolute Gasteiger partial charge is 0.240 e. The Morgan fingerprint density at radius 1 is 1.15 bits per heavy atom. The number of hydrogen-bond donors (Lipinski definition) is 1. The number of amides is 1. The van der Waals surface area contributed by atoms with E-state index in [0.717, 1.165) is 33.8 Å². The third-order valence-corrected chi connectivity index (χ3v) is 5.23. The first kappa shape index (κ1) is 18.2. The van der Waals surface area contributed by atoms with Gasteiger partial charge in [0, 0.05) is 18.3 Å². The van der Waals surface area contributed by atoms with E-state index in [9.17, 15) is 4.79 Å². The Morgan fingerprint density at radius 3 is 2.42 bits per heavy atom. The minimum atomic E-state index is -0.0877. The number of rotatable bonds is 4. The summed E-state index contributed by atoms with van der Waals surface area (Å²) in [7, 11) is 1.92. The molecule has 0 aliphatic carbocycles. The van der Waals surface area contributed by atoms with Gasteiger partial charge in [0.2, 0.25) is 5.91 Å². The summed E-state index contributed by atoms with van der Waals surface area (Å²) in [4.78, 5) is 17.3. The van der Waals surface area contributed by atoms with Crippen LogP contribution in [0.2, 0.25) is 0 Å². The van der Waals surface area contributed by atoms with Gasteiger partial charge in [-0.3, -0.25) is 9.48 Å². The summed E-state index contributed by atoms with van der Waals surface area (Å²) in [5.74, 6) is 0.822. The van der Waals surface area contributed by atoms with Gasteiger partial charge in [0.25, 0.3) is 0 Å². The Morgan fingerprint density at radius 2 is 1.81 bits per heavy atom. The van der Waals surface area contributed by atoms with E-state index in [4.69, 9.17) is 0 Å². The second-order valence-corrected chi connectivity index (χ2v) is 7.17. The molecular formula is C20H27N5O. The number of nitrogens with zero attached hydrogens (tertiary/aromatic N) is 4. The monoisotopic (exact) mass is 353 g/mol. The zero-order valence-electron chi connectivity index (χ0n) is 16.6. The number of nitrogens with one attached hydrogen (secondary N) is 1. The van der Waals surface area contributed by atoms with Crippen molar-refractivity contribution < 1.29 is 4.79 Å². The first-order chi connectivity index (χ1) is 12.2. The molecule has 138 valence electrons. The van der Waals surface area contributed by atoms with Crippen molar-refractivity contribution in [1.82, 2.24) is 24.6 Å². The lowest BCUT2D eigenvalue weighted by Gasteiger charge is -2.16. The predicted molar refractivity (Wildman–Crippen MR) is 103 cm³/mol. The molecule has 0 saturated heterocycles. The maximum Gasteiger partial charge on any atom is 0.240 e. The SMILES string of the molecule is Cc1cc2nc(C)n(CC(=O)NC(C)c3c(C)nn(C)c3C)c2cc1C. The van der Waals surface area contributed by atoms with Gasteiger partial charge in [0.05, 0.1) is 22.8 Å². The van der Waals surface area contributed by atoms with Gasteiger partial charge >= 0.3 is 0 Å². The Labute approximate surface area is 154 Å². The van der Waals surface area contributed by atoms with Crippen LogP contribution in [0.1, 0.15) is 46.9 Å². The summed E-state index contributed by atoms with van der Waals surface area (Å²) in [5.41, 5.74) is 7.46. The van der Waals surface area contributed by atoms with Gasteiger partial charge in [0.1, 0.15) is 12.4 Å². The van der Waals surface area contributed by atoms with E-state index in [1.807, 2.05) is 44.0 Å². The van der Waals surface area contributed by atoms with Crippen LogP contribution in [0.5, 0.6) is 0 Å². The maximum atomic E-state index is 12.7. The Hall–Kier alpha value is -2.63. The second-order valence-electron chi connectivity index (χ2n) is 7.17. The molecule has 0 spiro atoms. The lowest BCUT2D eigenvalue weighted by molar-refractivity contribution is -0.122. The molecule has 6 heteroatoms. The third kappa shape index (κ3) is 3.11. The standard InChI is InChI=1S/C20H27N5O/c1-11-8-17-18(9-12(11)2)25(16(6)22-17)10-19(26)21-13(3)20-14(4)23-24(7)15(20)5/h8-9,13H,10H2,1-7H3,(H,21,26). The van der Waals surface area contributed by atoms with Crippen molar-refractivity contribution >= 4 is 16.9 Å². The normalized spacial score (nSPS) is 12.6. The molecule has 0 saturated carbocycles. The first-order valence-electron chi connectivity index (χ1n) is 8.92. The first-order valence-corrected chi connectivity index (χ1v) is 8.92. The van der Waals surface area contributed by atoms with Gasteiger partial charge < -0.3 is 9.88 Å². The van der Waals surface area contributed by atoms with Gasteiger partial charge in [-0.15, -0.1) is 0 Å². The quantitative estimate of drug-likeness (QED) is 0.783. The van der Waals surface area contributed by atoms with Gasteiger partial charge in [-0.1, -0.05) is 0 Å². The zero-order valence-corrected chi connectivity index (χ0v) is 16.6. The van der Waals surface area contributed by atoms with Crippen LogP contribution >= 0.6 is 0 Å². The highest BCUT2D eigenvalue weighted by molar-refractivity contribution is 5.82. The van der Waals surface area contributed by atoms with Gasteiger partial charge in [-0.25, -0.2) is 4.98 Å². The highest BCUT2D eigenvalue weighted by atomic mass is 16.2. The number of fused-ring (bicyclic) bond motifs is 1. The average molecular weight is 353 g/mol. The number of carbonyl (C=O) groups excluding carboxylic acids is 1. The Bertz CT molecular complexity index is 996. The molecule has 0 bridgehead atoms. The van der Waals surface area contributed by atoms with Gasteiger partial charge in [-0.2, -0.15) is 5.10 Å². The van der Waals surface area contributed by atoms with Crippen molar-refractivity contribution in [3.63, 3.8) is 0 Å². The van der Waals surface area contributed by atoms with E-state index < -0.39 is 0 Å². The summed E-state index contributed by atoms with van der Waals surface area (Å²) in [6, 6.07) is 4.10. The summed E-state index contributed by atoms with van der Waals surface area (Å²) in [6.07, 6.45) is 0. The fourth-order valence-corrected chi connectivity index (χ4v) is 3.62. The van der Waals surface area contributed by atoms with Crippen LogP contribution < -0.4 is 5.32 Å². The molecule has 0 aliphatic rings. The number of hydrogen-bond acceptors (Lipinski definition) is 3. The lowest BCUT2D eigenvalue weighted by Crippen LogP contribution is -2.31. The van der Waals surface area contributed by atoms with Crippen molar-refractivity contribution in [3.8, 4) is 0 Å². The Kier molecular flexibility index (Phi) is 4.61. The van der Waals surface area contributed by atoms with Crippen molar-refractivity contribution in [2.75, 3.05) is 0 Å². The lowest BCUT2D eigenvalue weighted by atomic mass is 10.1. The topological polar surface area (TPSA) is 64.7 Å². The molecule has 26 heavy (non-hydrogen) atoms. The number of imidazole rings is 1. The van der Waals surface area contributed by atoms with E-state index in [-0.39, 0.29) is 18.5 Å². The van der Waals surface area contributed by atoms with E-state index in [0.29, 0.717) is 0 Å². The summed E-state index contributed by atoms with van der Waals surface area (Å²) < 4.78 is 3.83. The predicted octanol–water partition coefficient (Wildman–Crippen LogP) is 3.19. The average Bonchev–Trinajstić information content (AvgIpc) is 2.96. The molecule has 1 N–H and O–H groups in total. The molecule has 6 nitrogen and oxygen atoms in total. The van der Waals surface area contributed by atoms with Crippen LogP contribution in [0.4, 0.5) is 0 Å². The van der Waals surface area contributed by atoms with Gasteiger partial charge in [-0.05, 0) is 64.8 Å². The van der Waals surface area contributed by atoms with Crippen molar-refractivity contribution in [2.45, 2.75) is 54.1 Å². The molecule has 1 unspecified atom stereocenters. The molecule has 3 rings (SSSR count). The molecule has 0 radical (unpaired) electrons. The van der Waals surface area contributed by atoms with Crippen LogP contribution in [0, 0.1) is 34.6 Å². The molecule has 1 atom stereocenters. The van der Waals surface area contributed by atoms with Crippen LogP contribution in [-0.2, 0) is 18.4 Å². The number of carbonyl (C=O) groups is 1. The largest absolute Gasteiger partial charge is 0.348 e. The fourth-order valence-electron chi connectivity index (χ4n) is 3.62. The summed E-state index contributed by atoms with van der Waals surface area (Å²) in [6.45, 7) is 12.4. The minimum Gasteiger partial charge on any atom is -0.348 e. The zero-order chi connectivity index (χ0) is 19.2. The van der Waals surface area contributed by atoms with Gasteiger partial charge in [0.15, 0.2) is 0 Å². The second kappa shape index (κ2) is 6.59. The number of aryl methyl sites for hydroxylation is 5. The van der Waals surface area contributed by atoms with E-state index in [1.54, 1.807) is 0 Å². The summed E-state index contributed by atoms with van der Waals surface area (Å²) >= 11 is 0. The highest BCUT2D eigenvalue weighted by Gasteiger charge is 2.19. The fraction of sp³-hybridized carbons (Fsp3) is 0.450. The molecule has 2 aromatic heterocycles. The van der Waals surface area contributed by atoms with E-state index >= 15 is 0 Å². The van der Waals surface area contributed by atoms with Crippen LogP contribution in [0.25, 0.3) is 11.0 Å². The van der Waals surface area contributed by atoms with Crippen molar-refractivity contribution in [1.29, 1.82) is 0 Å². The molecule has 1 aromatic carbocycles. The molecule has 2 heterocycles. The van der Waals surface area contributed by atoms with E-state index in [2.05, 4.69) is 41.4 Å². The number of benzene rings is 1. The minimum absolute atomic E-state index is 0.0271. The molecule has 3 aromatic rings. The molecule has 0 aliphatic heterocycles.